The van der Waals surface area contributed by atoms with Crippen molar-refractivity contribution in [1.29, 1.82) is 0 Å². The van der Waals surface area contributed by atoms with Crippen LogP contribution in [0, 0.1) is 5.92 Å². The van der Waals surface area contributed by atoms with E-state index in [-0.39, 0.29) is 31.4 Å². The Balaban J connectivity index is 0.000000276. The van der Waals surface area contributed by atoms with Gasteiger partial charge in [-0.1, -0.05) is 56.0 Å². The van der Waals surface area contributed by atoms with Crippen molar-refractivity contribution in [3.63, 3.8) is 0 Å². The second-order valence-corrected chi connectivity index (χ2v) is 8.73. The Labute approximate surface area is 228 Å². The lowest BCUT2D eigenvalue weighted by atomic mass is 9.96. The summed E-state index contributed by atoms with van der Waals surface area (Å²) < 4.78 is 0. The zero-order chi connectivity index (χ0) is 28.7. The van der Waals surface area contributed by atoms with Gasteiger partial charge < -0.3 is 25.5 Å². The monoisotopic (exact) mass is 548 g/mol. The third kappa shape index (κ3) is 8.12. The highest BCUT2D eigenvalue weighted by Crippen LogP contribution is 2.21. The van der Waals surface area contributed by atoms with E-state index in [4.69, 9.17) is 25.5 Å². The van der Waals surface area contributed by atoms with Gasteiger partial charge in [0.2, 0.25) is 0 Å². The third-order valence-corrected chi connectivity index (χ3v) is 5.97. The molecule has 0 aliphatic rings. The van der Waals surface area contributed by atoms with Crippen LogP contribution in [-0.2, 0) is 27.2 Å². The largest absolute Gasteiger partial charge is 0.481 e. The first-order chi connectivity index (χ1) is 18.4. The highest BCUT2D eigenvalue weighted by atomic mass is 16.4. The smallest absolute Gasteiger partial charge is 0.335 e. The molecule has 4 aromatic rings. The number of carbonyl (C=O) groups is 5. The van der Waals surface area contributed by atoms with E-state index in [0.717, 1.165) is 21.7 Å². The number of carboxylic acid groups (broad SMARTS) is 5. The number of carboxylic acids is 5. The van der Waals surface area contributed by atoms with E-state index in [1.165, 1.54) is 12.1 Å². The molecule has 4 aromatic carbocycles. The zero-order valence-electron chi connectivity index (χ0n) is 20.4. The molecule has 0 amide bonds. The van der Waals surface area contributed by atoms with Gasteiger partial charge in [-0.25, -0.2) is 9.59 Å². The van der Waals surface area contributed by atoms with E-state index in [0.29, 0.717) is 17.4 Å². The van der Waals surface area contributed by atoms with Gasteiger partial charge in [0, 0.05) is 6.42 Å². The van der Waals surface area contributed by atoms with Gasteiger partial charge in [-0.2, -0.15) is 0 Å². The molecule has 0 radical (unpaired) electrons. The number of aliphatic carboxylic acids is 3. The molecule has 0 aromatic heterocycles. The first kappa shape index (κ1) is 31.0. The lowest BCUT2D eigenvalue weighted by Crippen LogP contribution is -2.25. The minimum absolute atomic E-state index is 0. The SMILES string of the molecule is C.O=C(O)CCc1ccc2cc(C(=O)O)ccc2c1.O=C(O)c1ccc2cc(CC(C(=O)O)C(=O)O)ccc2c1. The summed E-state index contributed by atoms with van der Waals surface area (Å²) in [6.45, 7) is 0. The van der Waals surface area contributed by atoms with Crippen LogP contribution < -0.4 is 0 Å². The topological polar surface area (TPSA) is 186 Å². The predicted octanol–water partition coefficient (Wildman–Crippen LogP) is 5.06. The van der Waals surface area contributed by atoms with Crippen LogP contribution in [0.4, 0.5) is 0 Å². The molecular formula is C30H28O10. The van der Waals surface area contributed by atoms with Gasteiger partial charge in [-0.05, 0) is 69.8 Å². The van der Waals surface area contributed by atoms with Gasteiger partial charge in [0.15, 0.2) is 5.92 Å². The Kier molecular flexibility index (Phi) is 10.5. The van der Waals surface area contributed by atoms with Crippen LogP contribution in [-0.4, -0.2) is 55.4 Å². The number of benzene rings is 4. The number of rotatable bonds is 9. The normalized spacial score (nSPS) is 10.3. The molecule has 0 heterocycles. The van der Waals surface area contributed by atoms with E-state index in [2.05, 4.69) is 0 Å². The minimum Gasteiger partial charge on any atom is -0.481 e. The summed E-state index contributed by atoms with van der Waals surface area (Å²) in [5.74, 6) is -7.07. The highest BCUT2D eigenvalue weighted by molar-refractivity contribution is 5.96. The molecule has 40 heavy (non-hydrogen) atoms. The molecule has 10 heteroatoms. The molecule has 0 aliphatic heterocycles. The van der Waals surface area contributed by atoms with Crippen molar-refractivity contribution in [1.82, 2.24) is 0 Å². The van der Waals surface area contributed by atoms with Crippen LogP contribution in [0.25, 0.3) is 21.5 Å². The maximum absolute atomic E-state index is 10.9. The van der Waals surface area contributed by atoms with Crippen LogP contribution in [0.5, 0.6) is 0 Å². The van der Waals surface area contributed by atoms with Gasteiger partial charge in [0.05, 0.1) is 11.1 Å². The molecule has 208 valence electrons. The van der Waals surface area contributed by atoms with Crippen molar-refractivity contribution >= 4 is 51.4 Å². The lowest BCUT2D eigenvalue weighted by molar-refractivity contribution is -0.154. The average molecular weight is 549 g/mol. The Morgan fingerprint density at radius 2 is 0.950 bits per heavy atom. The fraction of sp³-hybridized carbons (Fsp3) is 0.167. The molecule has 0 fully saturated rings. The molecule has 5 N–H and O–H groups in total. The molecule has 0 unspecified atom stereocenters. The van der Waals surface area contributed by atoms with Crippen LogP contribution >= 0.6 is 0 Å². The maximum atomic E-state index is 10.9. The third-order valence-electron chi connectivity index (χ3n) is 5.97. The van der Waals surface area contributed by atoms with Crippen molar-refractivity contribution in [3.05, 3.63) is 95.1 Å². The van der Waals surface area contributed by atoms with Gasteiger partial charge >= 0.3 is 29.8 Å². The van der Waals surface area contributed by atoms with Crippen LogP contribution in [0.2, 0.25) is 0 Å². The van der Waals surface area contributed by atoms with Crippen molar-refractivity contribution in [2.75, 3.05) is 0 Å². The van der Waals surface area contributed by atoms with E-state index in [1.807, 2.05) is 18.2 Å². The molecular weight excluding hydrogens is 520 g/mol. The Morgan fingerprint density at radius 3 is 1.38 bits per heavy atom. The van der Waals surface area contributed by atoms with Crippen molar-refractivity contribution in [2.45, 2.75) is 26.7 Å². The van der Waals surface area contributed by atoms with Gasteiger partial charge in [0.1, 0.15) is 0 Å². The maximum Gasteiger partial charge on any atom is 0.335 e. The molecule has 0 saturated heterocycles. The summed E-state index contributed by atoms with van der Waals surface area (Å²) in [7, 11) is 0. The minimum atomic E-state index is -1.50. The highest BCUT2D eigenvalue weighted by Gasteiger charge is 2.26. The van der Waals surface area contributed by atoms with Crippen molar-refractivity contribution in [2.24, 2.45) is 5.92 Å². The van der Waals surface area contributed by atoms with Gasteiger partial charge in [-0.3, -0.25) is 14.4 Å². The predicted molar refractivity (Wildman–Crippen MR) is 147 cm³/mol. The summed E-state index contributed by atoms with van der Waals surface area (Å²) in [5.41, 5.74) is 1.92. The summed E-state index contributed by atoms with van der Waals surface area (Å²) in [6.07, 6.45) is 0.450. The van der Waals surface area contributed by atoms with Crippen molar-refractivity contribution < 1.29 is 49.5 Å². The average Bonchev–Trinajstić information content (AvgIpc) is 2.89. The molecule has 4 rings (SSSR count). The lowest BCUT2D eigenvalue weighted by Gasteiger charge is -2.08. The first-order valence-corrected chi connectivity index (χ1v) is 11.6. The fourth-order valence-corrected chi connectivity index (χ4v) is 3.91. The Morgan fingerprint density at radius 1 is 0.550 bits per heavy atom. The number of fused-ring (bicyclic) bond motifs is 2. The van der Waals surface area contributed by atoms with E-state index in [9.17, 15) is 24.0 Å². The Hall–Kier alpha value is -5.25. The fourth-order valence-electron chi connectivity index (χ4n) is 3.91. The molecule has 0 saturated carbocycles. The van der Waals surface area contributed by atoms with E-state index in [1.54, 1.807) is 42.5 Å². The molecule has 0 atom stereocenters. The van der Waals surface area contributed by atoms with Crippen LogP contribution in [0.3, 0.4) is 0 Å². The number of hydrogen-bond acceptors (Lipinski definition) is 5. The molecule has 0 spiro atoms. The summed E-state index contributed by atoms with van der Waals surface area (Å²) in [6, 6.07) is 19.9. The zero-order valence-corrected chi connectivity index (χ0v) is 20.4. The summed E-state index contributed by atoms with van der Waals surface area (Å²) >= 11 is 0. The van der Waals surface area contributed by atoms with Gasteiger partial charge in [0.25, 0.3) is 0 Å². The second-order valence-electron chi connectivity index (χ2n) is 8.73. The van der Waals surface area contributed by atoms with E-state index < -0.39 is 35.8 Å². The number of aryl methyl sites for hydroxylation is 1. The number of aromatic carboxylic acids is 2. The standard InChI is InChI=1S/C15H12O6.C14H12O4.CH4/c16-13(17)11-4-3-9-5-8(1-2-10(9)7-11)6-12(14(18)19)15(20)21;15-13(16)6-2-9-1-3-11-8-12(14(17)18)5-4-10(11)7-9;/h1-5,7,12H,6H2,(H,16,17)(H,18,19)(H,20,21);1,3-5,7-8H,2,6H2,(H,15,16)(H,17,18);1H4. The summed E-state index contributed by atoms with van der Waals surface area (Å²) in [5, 5.41) is 47.3. The molecule has 0 bridgehead atoms. The van der Waals surface area contributed by atoms with Crippen molar-refractivity contribution in [3.8, 4) is 0 Å². The second kappa shape index (κ2) is 13.5. The van der Waals surface area contributed by atoms with E-state index >= 15 is 0 Å². The molecule has 10 nitrogen and oxygen atoms in total. The first-order valence-electron chi connectivity index (χ1n) is 11.6. The van der Waals surface area contributed by atoms with Crippen LogP contribution in [0.15, 0.2) is 72.8 Å². The van der Waals surface area contributed by atoms with Gasteiger partial charge in [-0.15, -0.1) is 0 Å². The number of hydrogen-bond donors (Lipinski definition) is 5. The quantitative estimate of drug-likeness (QED) is 0.177. The molecule has 0 aliphatic carbocycles. The van der Waals surface area contributed by atoms with Crippen LogP contribution in [0.1, 0.15) is 45.7 Å². The Bertz CT molecular complexity index is 1570. The summed E-state index contributed by atoms with van der Waals surface area (Å²) in [4.78, 5) is 54.0.